The van der Waals surface area contributed by atoms with Gasteiger partial charge in [0.2, 0.25) is 0 Å². The van der Waals surface area contributed by atoms with Crippen LogP contribution in [0.1, 0.15) is 26.1 Å². The molecule has 1 aromatic carbocycles. The van der Waals surface area contributed by atoms with Crippen molar-refractivity contribution < 1.29 is 14.3 Å². The number of nitrogens with zero attached hydrogens (tertiary/aromatic N) is 4. The van der Waals surface area contributed by atoms with Crippen molar-refractivity contribution in [2.24, 2.45) is 5.92 Å². The minimum Gasteiger partial charge on any atom is -0.501 e. The van der Waals surface area contributed by atoms with Crippen molar-refractivity contribution in [1.82, 2.24) is 19.8 Å². The molecule has 2 aromatic rings. The van der Waals surface area contributed by atoms with E-state index in [0.717, 1.165) is 62.5 Å². The van der Waals surface area contributed by atoms with E-state index in [1.807, 2.05) is 44.4 Å². The minimum atomic E-state index is -0.469. The van der Waals surface area contributed by atoms with Gasteiger partial charge < -0.3 is 14.8 Å². The predicted octanol–water partition coefficient (Wildman–Crippen LogP) is 2.66. The van der Waals surface area contributed by atoms with Crippen LogP contribution in [-0.2, 0) is 20.8 Å². The normalized spacial score (nSPS) is 18.4. The molecule has 1 aromatic heterocycles. The molecule has 4 rings (SSSR count). The van der Waals surface area contributed by atoms with E-state index in [2.05, 4.69) is 15.1 Å². The van der Waals surface area contributed by atoms with Gasteiger partial charge in [-0.15, -0.1) is 0 Å². The minimum absolute atomic E-state index is 0.0630. The zero-order valence-corrected chi connectivity index (χ0v) is 19.2. The molecule has 1 atom stereocenters. The molecule has 0 saturated carbocycles. The number of rotatable bonds is 8. The van der Waals surface area contributed by atoms with Crippen LogP contribution in [0.3, 0.4) is 0 Å². The molecule has 1 saturated heterocycles. The summed E-state index contributed by atoms with van der Waals surface area (Å²) < 4.78 is 10.4. The zero-order chi connectivity index (χ0) is 22.5. The molecule has 0 amide bonds. The Kier molecular flexibility index (Phi) is 7.22. The lowest BCUT2D eigenvalue weighted by molar-refractivity contribution is -0.142. The van der Waals surface area contributed by atoms with Crippen LogP contribution in [-0.4, -0.2) is 78.2 Å². The van der Waals surface area contributed by atoms with Gasteiger partial charge in [0, 0.05) is 44.5 Å². The van der Waals surface area contributed by atoms with Crippen molar-refractivity contribution in [2.75, 3.05) is 51.8 Å². The number of ether oxygens (including phenoxy) is 2. The number of hydrogen-bond acceptors (Lipinski definition) is 8. The summed E-state index contributed by atoms with van der Waals surface area (Å²) >= 11 is 0. The molecule has 2 aliphatic rings. The summed E-state index contributed by atoms with van der Waals surface area (Å²) in [5, 5.41) is 4.23. The van der Waals surface area contributed by atoms with Crippen LogP contribution < -0.4 is 5.32 Å². The van der Waals surface area contributed by atoms with Gasteiger partial charge in [0.25, 0.3) is 0 Å². The van der Waals surface area contributed by atoms with E-state index in [9.17, 15) is 4.79 Å². The monoisotopic (exact) mass is 439 g/mol. The summed E-state index contributed by atoms with van der Waals surface area (Å²) in [6, 6.07) is 7.44. The highest BCUT2D eigenvalue weighted by atomic mass is 16.5. The molecule has 3 heterocycles. The molecule has 8 nitrogen and oxygen atoms in total. The first-order valence-electron chi connectivity index (χ1n) is 11.4. The smallest absolute Gasteiger partial charge is 0.328 e. The second-order valence-electron chi connectivity index (χ2n) is 8.84. The van der Waals surface area contributed by atoms with Crippen LogP contribution in [0.5, 0.6) is 0 Å². The number of benzene rings is 1. The van der Waals surface area contributed by atoms with Crippen LogP contribution in [0.15, 0.2) is 36.1 Å². The molecule has 8 heteroatoms. The van der Waals surface area contributed by atoms with Crippen molar-refractivity contribution in [2.45, 2.75) is 32.9 Å². The number of aromatic nitrogens is 2. The Bertz CT molecular complexity index is 969. The first-order chi connectivity index (χ1) is 15.5. The van der Waals surface area contributed by atoms with E-state index in [1.54, 1.807) is 0 Å². The first-order valence-corrected chi connectivity index (χ1v) is 11.4. The second kappa shape index (κ2) is 10.3. The average molecular weight is 440 g/mol. The maximum Gasteiger partial charge on any atom is 0.328 e. The lowest BCUT2D eigenvalue weighted by Crippen LogP contribution is -2.46. The van der Waals surface area contributed by atoms with Gasteiger partial charge in [-0.2, -0.15) is 0 Å². The predicted molar refractivity (Wildman–Crippen MR) is 124 cm³/mol. The lowest BCUT2D eigenvalue weighted by atomic mass is 10.0. The van der Waals surface area contributed by atoms with E-state index < -0.39 is 6.04 Å². The molecule has 0 bridgehead atoms. The number of nitrogens with one attached hydrogen (secondary N) is 1. The maximum absolute atomic E-state index is 12.3. The third kappa shape index (κ3) is 5.37. The largest absolute Gasteiger partial charge is 0.501 e. The van der Waals surface area contributed by atoms with Crippen molar-refractivity contribution in [1.29, 1.82) is 0 Å². The Morgan fingerprint density at radius 2 is 1.84 bits per heavy atom. The van der Waals surface area contributed by atoms with Crippen LogP contribution in [0.2, 0.25) is 0 Å². The fourth-order valence-electron chi connectivity index (χ4n) is 4.21. The van der Waals surface area contributed by atoms with E-state index in [1.165, 1.54) is 12.7 Å². The van der Waals surface area contributed by atoms with Gasteiger partial charge in [-0.3, -0.25) is 9.80 Å². The topological polar surface area (TPSA) is 79.8 Å². The summed E-state index contributed by atoms with van der Waals surface area (Å²) in [6.07, 6.45) is 2.96. The van der Waals surface area contributed by atoms with E-state index in [-0.39, 0.29) is 11.9 Å². The molecule has 0 unspecified atom stereocenters. The Morgan fingerprint density at radius 1 is 1.12 bits per heavy atom. The van der Waals surface area contributed by atoms with Gasteiger partial charge in [-0.05, 0) is 23.6 Å². The van der Waals surface area contributed by atoms with E-state index in [4.69, 9.17) is 19.4 Å². The highest BCUT2D eigenvalue weighted by Gasteiger charge is 2.25. The van der Waals surface area contributed by atoms with Crippen LogP contribution in [0.25, 0.3) is 10.9 Å². The Balaban J connectivity index is 1.47. The third-order valence-corrected chi connectivity index (χ3v) is 6.11. The second-order valence-corrected chi connectivity index (χ2v) is 8.84. The molecular weight excluding hydrogens is 406 g/mol. The van der Waals surface area contributed by atoms with Crippen molar-refractivity contribution in [3.8, 4) is 0 Å². The van der Waals surface area contributed by atoms with Crippen molar-refractivity contribution >= 4 is 22.7 Å². The standard InChI is InChI=1S/C24H33N5O3/c1-17(2)22(24(30)31-3)27-23-19-6-4-5-7-20(19)25-21(26-23)15-29-11-9-28(10-12-29)14-18-8-13-32-16-18/h4-7,16-17,22H,8-15H2,1-3H3,(H,25,26,27)/t22-/m0/s1. The van der Waals surface area contributed by atoms with Gasteiger partial charge in [-0.1, -0.05) is 26.0 Å². The molecule has 1 N–H and O–H groups in total. The molecule has 0 spiro atoms. The molecule has 172 valence electrons. The van der Waals surface area contributed by atoms with Crippen molar-refractivity contribution in [3.63, 3.8) is 0 Å². The molecule has 1 fully saturated rings. The number of carbonyl (C=O) groups is 1. The number of hydrogen-bond donors (Lipinski definition) is 1. The number of carbonyl (C=O) groups excluding carboxylic acids is 1. The number of piperazine rings is 1. The molecule has 2 aliphatic heterocycles. The number of fused-ring (bicyclic) bond motifs is 1. The Hall–Kier alpha value is -2.71. The average Bonchev–Trinajstić information content (AvgIpc) is 3.31. The van der Waals surface area contributed by atoms with Gasteiger partial charge in [-0.25, -0.2) is 14.8 Å². The number of esters is 1. The molecule has 0 radical (unpaired) electrons. The molecule has 32 heavy (non-hydrogen) atoms. The lowest BCUT2D eigenvalue weighted by Gasteiger charge is -2.34. The van der Waals surface area contributed by atoms with E-state index >= 15 is 0 Å². The number of anilines is 1. The van der Waals surface area contributed by atoms with Gasteiger partial charge >= 0.3 is 5.97 Å². The van der Waals surface area contributed by atoms with Gasteiger partial charge in [0.1, 0.15) is 17.7 Å². The van der Waals surface area contributed by atoms with Crippen LogP contribution in [0, 0.1) is 5.92 Å². The summed E-state index contributed by atoms with van der Waals surface area (Å²) in [4.78, 5) is 26.8. The highest BCUT2D eigenvalue weighted by molar-refractivity contribution is 5.91. The summed E-state index contributed by atoms with van der Waals surface area (Å²) in [5.74, 6) is 1.22. The van der Waals surface area contributed by atoms with Crippen LogP contribution in [0.4, 0.5) is 5.82 Å². The SMILES string of the molecule is COC(=O)[C@@H](Nc1nc(CN2CCN(CC3=COCC3)CC2)nc2ccccc12)C(C)C. The summed E-state index contributed by atoms with van der Waals surface area (Å²) in [7, 11) is 1.42. The van der Waals surface area contributed by atoms with Gasteiger partial charge in [0.05, 0.1) is 32.0 Å². The quantitative estimate of drug-likeness (QED) is 0.629. The Morgan fingerprint density at radius 3 is 2.50 bits per heavy atom. The first kappa shape index (κ1) is 22.5. The van der Waals surface area contributed by atoms with E-state index in [0.29, 0.717) is 12.4 Å². The fraction of sp³-hybridized carbons (Fsp3) is 0.542. The van der Waals surface area contributed by atoms with Crippen LogP contribution >= 0.6 is 0 Å². The highest BCUT2D eigenvalue weighted by Crippen LogP contribution is 2.23. The summed E-state index contributed by atoms with van der Waals surface area (Å²) in [6.45, 7) is 10.5. The van der Waals surface area contributed by atoms with Gasteiger partial charge in [0.15, 0.2) is 0 Å². The fourth-order valence-corrected chi connectivity index (χ4v) is 4.21. The number of methoxy groups -OCH3 is 1. The Labute approximate surface area is 189 Å². The number of para-hydroxylation sites is 1. The third-order valence-electron chi connectivity index (χ3n) is 6.11. The van der Waals surface area contributed by atoms with Crippen molar-refractivity contribution in [3.05, 3.63) is 41.9 Å². The zero-order valence-electron chi connectivity index (χ0n) is 19.2. The molecule has 0 aliphatic carbocycles. The molecular formula is C24H33N5O3. The maximum atomic E-state index is 12.3. The summed E-state index contributed by atoms with van der Waals surface area (Å²) in [5.41, 5.74) is 2.26.